The minimum atomic E-state index is -3.26. The Morgan fingerprint density at radius 1 is 1.41 bits per heavy atom. The van der Waals surface area contributed by atoms with Crippen molar-refractivity contribution in [2.24, 2.45) is 5.92 Å². The van der Waals surface area contributed by atoms with Crippen molar-refractivity contribution in [1.82, 2.24) is 5.32 Å². The second-order valence-electron chi connectivity index (χ2n) is 3.83. The summed E-state index contributed by atoms with van der Waals surface area (Å²) in [5.74, 6) is -2.08. The van der Waals surface area contributed by atoms with Gasteiger partial charge in [-0.3, -0.25) is 9.36 Å². The van der Waals surface area contributed by atoms with Crippen LogP contribution in [0.4, 0.5) is 0 Å². The lowest BCUT2D eigenvalue weighted by Crippen LogP contribution is -2.51. The summed E-state index contributed by atoms with van der Waals surface area (Å²) in [6, 6.07) is -1.33. The number of carboxylic acids is 1. The third-order valence-electron chi connectivity index (χ3n) is 2.13. The quantitative estimate of drug-likeness (QED) is 0.575. The number of carbonyl (C=O) groups excluding carboxylic acids is 1. The SMILES string of the molecule is CCC(=O)N[C@H](C(=O)O)[C@H](O[PH](=O)O)C(C)C. The fraction of sp³-hybridized carbons (Fsp3) is 0.778. The molecule has 0 aromatic heterocycles. The van der Waals surface area contributed by atoms with Crippen LogP contribution in [0.3, 0.4) is 0 Å². The maximum absolute atomic E-state index is 11.2. The molecule has 8 heteroatoms. The van der Waals surface area contributed by atoms with Crippen LogP contribution < -0.4 is 5.32 Å². The molecule has 0 aromatic carbocycles. The summed E-state index contributed by atoms with van der Waals surface area (Å²) in [7, 11) is -3.26. The van der Waals surface area contributed by atoms with E-state index < -0.39 is 32.3 Å². The Hall–Kier alpha value is -0.910. The summed E-state index contributed by atoms with van der Waals surface area (Å²) >= 11 is 0. The van der Waals surface area contributed by atoms with Gasteiger partial charge in [-0.05, 0) is 5.92 Å². The van der Waals surface area contributed by atoms with E-state index in [-0.39, 0.29) is 12.3 Å². The molecule has 0 spiro atoms. The Morgan fingerprint density at radius 3 is 2.24 bits per heavy atom. The van der Waals surface area contributed by atoms with Crippen LogP contribution in [0.1, 0.15) is 27.2 Å². The molecule has 1 amide bonds. The molecule has 0 radical (unpaired) electrons. The fourth-order valence-corrected chi connectivity index (χ4v) is 1.91. The first kappa shape index (κ1) is 16.1. The summed E-state index contributed by atoms with van der Waals surface area (Å²) in [5, 5.41) is 11.2. The van der Waals surface area contributed by atoms with E-state index in [4.69, 9.17) is 10.00 Å². The first-order chi connectivity index (χ1) is 7.79. The molecule has 3 N–H and O–H groups in total. The van der Waals surface area contributed by atoms with Crippen molar-refractivity contribution in [2.45, 2.75) is 39.3 Å². The van der Waals surface area contributed by atoms with E-state index in [9.17, 15) is 14.2 Å². The van der Waals surface area contributed by atoms with Crippen molar-refractivity contribution in [3.05, 3.63) is 0 Å². The predicted molar refractivity (Wildman–Crippen MR) is 60.8 cm³/mol. The maximum atomic E-state index is 11.2. The lowest BCUT2D eigenvalue weighted by molar-refractivity contribution is -0.145. The third kappa shape index (κ3) is 5.81. The van der Waals surface area contributed by atoms with E-state index in [0.717, 1.165) is 0 Å². The van der Waals surface area contributed by atoms with Crippen molar-refractivity contribution in [3.63, 3.8) is 0 Å². The number of amides is 1. The molecule has 0 aliphatic heterocycles. The van der Waals surface area contributed by atoms with Gasteiger partial charge in [0, 0.05) is 6.42 Å². The smallest absolute Gasteiger partial charge is 0.328 e. The Morgan fingerprint density at radius 2 is 1.94 bits per heavy atom. The number of carboxylic acid groups (broad SMARTS) is 1. The number of hydrogen-bond acceptors (Lipinski definition) is 4. The monoisotopic (exact) mass is 267 g/mol. The summed E-state index contributed by atoms with van der Waals surface area (Å²) in [4.78, 5) is 30.9. The molecule has 1 unspecified atom stereocenters. The zero-order chi connectivity index (χ0) is 13.6. The first-order valence-corrected chi connectivity index (χ1v) is 6.47. The Kier molecular flexibility index (Phi) is 7.03. The van der Waals surface area contributed by atoms with E-state index >= 15 is 0 Å². The van der Waals surface area contributed by atoms with E-state index in [0.29, 0.717) is 0 Å². The lowest BCUT2D eigenvalue weighted by Gasteiger charge is -2.26. The van der Waals surface area contributed by atoms with E-state index in [2.05, 4.69) is 9.84 Å². The Labute approximate surface area is 100 Å². The second-order valence-corrected chi connectivity index (χ2v) is 4.60. The van der Waals surface area contributed by atoms with Gasteiger partial charge in [-0.15, -0.1) is 0 Å². The summed E-state index contributed by atoms with van der Waals surface area (Å²) in [6.45, 7) is 4.86. The van der Waals surface area contributed by atoms with Gasteiger partial charge < -0.3 is 19.8 Å². The van der Waals surface area contributed by atoms with Gasteiger partial charge >= 0.3 is 14.2 Å². The van der Waals surface area contributed by atoms with Gasteiger partial charge in [0.25, 0.3) is 0 Å². The van der Waals surface area contributed by atoms with Gasteiger partial charge in [-0.1, -0.05) is 20.8 Å². The molecular formula is C9H18NO6P. The molecule has 0 bridgehead atoms. The van der Waals surface area contributed by atoms with Crippen LogP contribution >= 0.6 is 8.25 Å². The largest absolute Gasteiger partial charge is 0.480 e. The molecular weight excluding hydrogens is 249 g/mol. The normalized spacial score (nSPS) is 16.3. The molecule has 17 heavy (non-hydrogen) atoms. The van der Waals surface area contributed by atoms with Gasteiger partial charge in [0.1, 0.15) is 6.10 Å². The minimum Gasteiger partial charge on any atom is -0.480 e. The average molecular weight is 267 g/mol. The van der Waals surface area contributed by atoms with Crippen molar-refractivity contribution >= 4 is 20.1 Å². The molecule has 0 saturated heterocycles. The predicted octanol–water partition coefficient (Wildman–Crippen LogP) is 0.389. The molecule has 0 fully saturated rings. The highest BCUT2D eigenvalue weighted by Gasteiger charge is 2.33. The number of hydrogen-bond donors (Lipinski definition) is 3. The van der Waals surface area contributed by atoms with Crippen molar-refractivity contribution in [3.8, 4) is 0 Å². The van der Waals surface area contributed by atoms with Gasteiger partial charge in [-0.2, -0.15) is 0 Å². The van der Waals surface area contributed by atoms with Gasteiger partial charge in [0.05, 0.1) is 0 Å². The van der Waals surface area contributed by atoms with Gasteiger partial charge in [0.2, 0.25) is 5.91 Å². The topological polar surface area (TPSA) is 113 Å². The van der Waals surface area contributed by atoms with Crippen molar-refractivity contribution in [1.29, 1.82) is 0 Å². The van der Waals surface area contributed by atoms with Crippen LogP contribution in [0.15, 0.2) is 0 Å². The number of nitrogens with one attached hydrogen (secondary N) is 1. The zero-order valence-corrected chi connectivity index (χ0v) is 11.0. The third-order valence-corrected chi connectivity index (χ3v) is 2.60. The Bertz CT molecular complexity index is 306. The summed E-state index contributed by atoms with van der Waals surface area (Å²) < 4.78 is 15.3. The summed E-state index contributed by atoms with van der Waals surface area (Å²) in [6.07, 6.45) is -0.914. The molecule has 0 rings (SSSR count). The number of carbonyl (C=O) groups is 2. The van der Waals surface area contributed by atoms with E-state index in [1.165, 1.54) is 0 Å². The van der Waals surface area contributed by atoms with Gasteiger partial charge in [0.15, 0.2) is 6.04 Å². The van der Waals surface area contributed by atoms with Crippen LogP contribution in [-0.4, -0.2) is 34.0 Å². The lowest BCUT2D eigenvalue weighted by atomic mass is 9.99. The van der Waals surface area contributed by atoms with Crippen LogP contribution in [-0.2, 0) is 18.7 Å². The van der Waals surface area contributed by atoms with Crippen LogP contribution in [0.5, 0.6) is 0 Å². The van der Waals surface area contributed by atoms with E-state index in [1.807, 2.05) is 0 Å². The summed E-state index contributed by atoms with van der Waals surface area (Å²) in [5.41, 5.74) is 0. The molecule has 100 valence electrons. The molecule has 3 atom stereocenters. The van der Waals surface area contributed by atoms with Crippen LogP contribution in [0, 0.1) is 5.92 Å². The molecule has 0 aliphatic rings. The number of aliphatic carboxylic acids is 1. The maximum Gasteiger partial charge on any atom is 0.328 e. The molecule has 7 nitrogen and oxygen atoms in total. The standard InChI is InChI=1S/C9H18NO6P/c1-4-6(11)10-7(9(12)13)8(5(2)3)16-17(14)15/h5,7-8,17H,4H2,1-3H3,(H,10,11)(H,12,13)(H,14,15)/t7-,8+/m0/s1. The van der Waals surface area contributed by atoms with Crippen LogP contribution in [0.2, 0.25) is 0 Å². The fourth-order valence-electron chi connectivity index (χ4n) is 1.27. The molecule has 0 saturated carbocycles. The highest BCUT2D eigenvalue weighted by atomic mass is 31.1. The first-order valence-electron chi connectivity index (χ1n) is 5.21. The molecule has 0 aromatic rings. The highest BCUT2D eigenvalue weighted by Crippen LogP contribution is 2.25. The van der Waals surface area contributed by atoms with Gasteiger partial charge in [-0.25, -0.2) is 4.79 Å². The van der Waals surface area contributed by atoms with Crippen molar-refractivity contribution < 1.29 is 28.7 Å². The highest BCUT2D eigenvalue weighted by molar-refractivity contribution is 7.32. The number of rotatable bonds is 7. The Balaban J connectivity index is 4.89. The molecule has 0 aliphatic carbocycles. The van der Waals surface area contributed by atoms with Crippen LogP contribution in [0.25, 0.3) is 0 Å². The minimum absolute atomic E-state index is 0.128. The van der Waals surface area contributed by atoms with E-state index in [1.54, 1.807) is 20.8 Å². The molecule has 0 heterocycles. The average Bonchev–Trinajstić information content (AvgIpc) is 2.21. The second kappa shape index (κ2) is 7.42. The van der Waals surface area contributed by atoms with Crippen molar-refractivity contribution in [2.75, 3.05) is 0 Å². The zero-order valence-electron chi connectivity index (χ0n) is 9.97.